The normalized spacial score (nSPS) is 10.7. The van der Waals surface area contributed by atoms with Crippen molar-refractivity contribution in [1.82, 2.24) is 15.3 Å². The van der Waals surface area contributed by atoms with Gasteiger partial charge >= 0.3 is 0 Å². The Morgan fingerprint density at radius 1 is 1.22 bits per heavy atom. The maximum atomic E-state index is 13.9. The molecule has 0 aliphatic heterocycles. The maximum absolute atomic E-state index is 13.9. The lowest BCUT2D eigenvalue weighted by molar-refractivity contribution is 0.0950. The Bertz CT molecular complexity index is 866. The van der Waals surface area contributed by atoms with E-state index in [-0.39, 0.29) is 24.8 Å². The summed E-state index contributed by atoms with van der Waals surface area (Å²) >= 11 is 0. The smallest absolute Gasteiger partial charge is 0.253 e. The molecule has 23 heavy (non-hydrogen) atoms. The topological polar surface area (TPSA) is 80.9 Å². The van der Waals surface area contributed by atoms with Crippen molar-refractivity contribution >= 4 is 16.8 Å². The second kappa shape index (κ2) is 6.50. The predicted molar refractivity (Wildman–Crippen MR) is 85.0 cm³/mol. The largest absolute Gasteiger partial charge is 0.348 e. The van der Waals surface area contributed by atoms with Crippen LogP contribution in [-0.4, -0.2) is 15.9 Å². The molecule has 3 N–H and O–H groups in total. The lowest BCUT2D eigenvalue weighted by Crippen LogP contribution is -2.23. The number of pyridine rings is 2. The Hall–Kier alpha value is -2.86. The third-order valence-corrected chi connectivity index (χ3v) is 3.54. The van der Waals surface area contributed by atoms with Crippen molar-refractivity contribution in [3.63, 3.8) is 0 Å². The number of rotatable bonds is 4. The Morgan fingerprint density at radius 2 is 2.09 bits per heavy atom. The maximum Gasteiger partial charge on any atom is 0.253 e. The van der Waals surface area contributed by atoms with Crippen molar-refractivity contribution in [2.75, 3.05) is 0 Å². The van der Waals surface area contributed by atoms with Crippen LogP contribution in [0.3, 0.4) is 0 Å². The number of nitrogens with zero attached hydrogens (tertiary/aromatic N) is 2. The Morgan fingerprint density at radius 3 is 2.87 bits per heavy atom. The first-order valence-electron chi connectivity index (χ1n) is 7.12. The van der Waals surface area contributed by atoms with Crippen LogP contribution >= 0.6 is 0 Å². The van der Waals surface area contributed by atoms with Crippen molar-refractivity contribution in [2.24, 2.45) is 5.73 Å². The summed E-state index contributed by atoms with van der Waals surface area (Å²) in [6, 6.07) is 8.26. The molecule has 116 valence electrons. The lowest BCUT2D eigenvalue weighted by Gasteiger charge is -2.08. The van der Waals surface area contributed by atoms with Crippen LogP contribution < -0.4 is 11.1 Å². The summed E-state index contributed by atoms with van der Waals surface area (Å²) in [6.45, 7) is 0.380. The van der Waals surface area contributed by atoms with Crippen molar-refractivity contribution < 1.29 is 9.18 Å². The van der Waals surface area contributed by atoms with Gasteiger partial charge in [0.2, 0.25) is 0 Å². The van der Waals surface area contributed by atoms with Gasteiger partial charge in [0.25, 0.3) is 5.91 Å². The van der Waals surface area contributed by atoms with E-state index < -0.39 is 0 Å². The SMILES string of the molecule is NCc1ccc(CNC(=O)c2cnc3cnccc3c2)c(F)c1. The summed E-state index contributed by atoms with van der Waals surface area (Å²) < 4.78 is 13.9. The number of halogens is 1. The van der Waals surface area contributed by atoms with Gasteiger partial charge in [-0.25, -0.2) is 4.39 Å². The van der Waals surface area contributed by atoms with Gasteiger partial charge in [-0.3, -0.25) is 14.8 Å². The number of amides is 1. The van der Waals surface area contributed by atoms with E-state index in [4.69, 9.17) is 5.73 Å². The molecule has 3 rings (SSSR count). The highest BCUT2D eigenvalue weighted by Gasteiger charge is 2.09. The average Bonchev–Trinajstić information content (AvgIpc) is 2.59. The molecule has 0 aliphatic carbocycles. The third-order valence-electron chi connectivity index (χ3n) is 3.54. The molecule has 0 aliphatic rings. The van der Waals surface area contributed by atoms with Crippen molar-refractivity contribution in [3.8, 4) is 0 Å². The number of hydrogen-bond acceptors (Lipinski definition) is 4. The fourth-order valence-electron chi connectivity index (χ4n) is 2.23. The minimum absolute atomic E-state index is 0.101. The predicted octanol–water partition coefficient (Wildman–Crippen LogP) is 2.16. The van der Waals surface area contributed by atoms with Crippen LogP contribution in [0.2, 0.25) is 0 Å². The monoisotopic (exact) mass is 310 g/mol. The lowest BCUT2D eigenvalue weighted by atomic mass is 10.1. The van der Waals surface area contributed by atoms with Gasteiger partial charge in [-0.05, 0) is 23.8 Å². The number of carbonyl (C=O) groups is 1. The molecule has 1 aromatic carbocycles. The molecule has 1 amide bonds. The van der Waals surface area contributed by atoms with Gasteiger partial charge in [-0.1, -0.05) is 12.1 Å². The summed E-state index contributed by atoms with van der Waals surface area (Å²) in [5, 5.41) is 3.52. The first-order chi connectivity index (χ1) is 11.2. The fraction of sp³-hybridized carbons (Fsp3) is 0.118. The Kier molecular flexibility index (Phi) is 4.25. The van der Waals surface area contributed by atoms with E-state index in [0.717, 1.165) is 5.39 Å². The van der Waals surface area contributed by atoms with Crippen molar-refractivity contribution in [2.45, 2.75) is 13.1 Å². The molecule has 0 unspecified atom stereocenters. The number of nitrogens with two attached hydrogens (primary N) is 1. The minimum atomic E-state index is -0.379. The molecule has 0 spiro atoms. The molecule has 0 fully saturated rings. The number of benzene rings is 1. The zero-order valence-corrected chi connectivity index (χ0v) is 12.3. The molecule has 2 heterocycles. The van der Waals surface area contributed by atoms with Crippen LogP contribution in [0.25, 0.3) is 10.9 Å². The van der Waals surface area contributed by atoms with Gasteiger partial charge in [0.1, 0.15) is 5.82 Å². The van der Waals surface area contributed by atoms with E-state index in [1.807, 2.05) is 0 Å². The van der Waals surface area contributed by atoms with E-state index in [9.17, 15) is 9.18 Å². The molecule has 0 saturated carbocycles. The molecule has 0 bridgehead atoms. The summed E-state index contributed by atoms with van der Waals surface area (Å²) in [7, 11) is 0. The Balaban J connectivity index is 1.73. The van der Waals surface area contributed by atoms with Gasteiger partial charge in [0.15, 0.2) is 0 Å². The molecule has 3 aromatic rings. The summed E-state index contributed by atoms with van der Waals surface area (Å²) in [4.78, 5) is 20.3. The van der Waals surface area contributed by atoms with E-state index >= 15 is 0 Å². The molecular weight excluding hydrogens is 295 g/mol. The molecule has 2 aromatic heterocycles. The fourth-order valence-corrected chi connectivity index (χ4v) is 2.23. The average molecular weight is 310 g/mol. The van der Waals surface area contributed by atoms with Gasteiger partial charge < -0.3 is 11.1 Å². The van der Waals surface area contributed by atoms with Gasteiger partial charge in [0.05, 0.1) is 17.3 Å². The number of carbonyl (C=O) groups excluding carboxylic acids is 1. The van der Waals surface area contributed by atoms with Crippen LogP contribution in [0.5, 0.6) is 0 Å². The standard InChI is InChI=1S/C17H15FN4O/c18-15-5-11(7-19)1-2-13(15)8-22-17(23)14-6-12-3-4-20-10-16(12)21-9-14/h1-6,9-10H,7-8,19H2,(H,22,23). The van der Waals surface area contributed by atoms with Crippen LogP contribution in [0.4, 0.5) is 4.39 Å². The van der Waals surface area contributed by atoms with Crippen LogP contribution in [-0.2, 0) is 13.1 Å². The van der Waals surface area contributed by atoms with Crippen molar-refractivity contribution in [3.05, 3.63) is 71.4 Å². The molecule has 5 nitrogen and oxygen atoms in total. The van der Waals surface area contributed by atoms with E-state index in [2.05, 4.69) is 15.3 Å². The highest BCUT2D eigenvalue weighted by Crippen LogP contribution is 2.13. The van der Waals surface area contributed by atoms with Gasteiger partial charge in [0, 0.05) is 36.4 Å². The summed E-state index contributed by atoms with van der Waals surface area (Å²) in [5.41, 5.74) is 7.72. The van der Waals surface area contributed by atoms with Crippen LogP contribution in [0.15, 0.2) is 48.9 Å². The Labute approximate surface area is 132 Å². The van der Waals surface area contributed by atoms with E-state index in [1.165, 1.54) is 12.3 Å². The number of fused-ring (bicyclic) bond motifs is 1. The summed E-state index contributed by atoms with van der Waals surface area (Å²) in [6.07, 6.45) is 4.75. The zero-order valence-electron chi connectivity index (χ0n) is 12.3. The highest BCUT2D eigenvalue weighted by atomic mass is 19.1. The second-order valence-corrected chi connectivity index (χ2v) is 5.10. The molecular formula is C17H15FN4O. The number of nitrogens with one attached hydrogen (secondary N) is 1. The zero-order chi connectivity index (χ0) is 16.2. The first kappa shape index (κ1) is 15.1. The van der Waals surface area contributed by atoms with Crippen LogP contribution in [0, 0.1) is 5.82 Å². The van der Waals surface area contributed by atoms with E-state index in [1.54, 1.807) is 36.7 Å². The first-order valence-corrected chi connectivity index (χ1v) is 7.12. The third kappa shape index (κ3) is 3.32. The number of hydrogen-bond donors (Lipinski definition) is 2. The number of aromatic nitrogens is 2. The molecule has 6 heteroatoms. The molecule has 0 saturated heterocycles. The molecule has 0 atom stereocenters. The molecule has 0 radical (unpaired) electrons. The quantitative estimate of drug-likeness (QED) is 0.774. The van der Waals surface area contributed by atoms with Gasteiger partial charge in [-0.2, -0.15) is 0 Å². The minimum Gasteiger partial charge on any atom is -0.348 e. The van der Waals surface area contributed by atoms with Crippen molar-refractivity contribution in [1.29, 1.82) is 0 Å². The van der Waals surface area contributed by atoms with E-state index in [0.29, 0.717) is 22.2 Å². The highest BCUT2D eigenvalue weighted by molar-refractivity contribution is 5.97. The van der Waals surface area contributed by atoms with Gasteiger partial charge in [-0.15, -0.1) is 0 Å². The summed E-state index contributed by atoms with van der Waals surface area (Å²) in [5.74, 6) is -0.686. The van der Waals surface area contributed by atoms with Crippen LogP contribution in [0.1, 0.15) is 21.5 Å². The second-order valence-electron chi connectivity index (χ2n) is 5.10.